The lowest BCUT2D eigenvalue weighted by Crippen LogP contribution is -2.29. The van der Waals surface area contributed by atoms with Gasteiger partial charge in [0.2, 0.25) is 0 Å². The Balaban J connectivity index is 2.17. The monoisotopic (exact) mass is 274 g/mol. The predicted molar refractivity (Wildman–Crippen MR) is 81.3 cm³/mol. The lowest BCUT2D eigenvalue weighted by Gasteiger charge is -2.29. The van der Waals surface area contributed by atoms with Gasteiger partial charge in [-0.2, -0.15) is 0 Å². The number of hydrogen-bond acceptors (Lipinski definition) is 2. The summed E-state index contributed by atoms with van der Waals surface area (Å²) in [4.78, 5) is 12.4. The minimum absolute atomic E-state index is 0.0687. The van der Waals surface area contributed by atoms with Crippen molar-refractivity contribution in [3.63, 3.8) is 0 Å². The number of esters is 1. The van der Waals surface area contributed by atoms with Crippen molar-refractivity contribution in [2.75, 3.05) is 0 Å². The molecule has 2 rings (SSSR count). The largest absolute Gasteiger partial charge is 0.457 e. The van der Waals surface area contributed by atoms with Crippen LogP contribution in [0.3, 0.4) is 0 Å². The lowest BCUT2D eigenvalue weighted by atomic mass is 9.89. The van der Waals surface area contributed by atoms with E-state index in [4.69, 9.17) is 4.74 Å². The van der Waals surface area contributed by atoms with Crippen molar-refractivity contribution in [1.29, 1.82) is 0 Å². The van der Waals surface area contributed by atoms with Gasteiger partial charge in [-0.15, -0.1) is 0 Å². The molecule has 20 heavy (non-hydrogen) atoms. The average Bonchev–Trinajstić information content (AvgIpc) is 2.99. The summed E-state index contributed by atoms with van der Waals surface area (Å²) in [5.41, 5.74) is 0.741. The zero-order valence-electron chi connectivity index (χ0n) is 12.9. The van der Waals surface area contributed by atoms with Crippen molar-refractivity contribution in [3.8, 4) is 0 Å². The first kappa shape index (κ1) is 15.1. The fourth-order valence-electron chi connectivity index (χ4n) is 2.76. The molecule has 0 N–H and O–H groups in total. The molecule has 1 saturated carbocycles. The smallest absolute Gasteiger partial charge is 0.312 e. The second kappa shape index (κ2) is 6.43. The van der Waals surface area contributed by atoms with Gasteiger partial charge < -0.3 is 4.74 Å². The Morgan fingerprint density at radius 3 is 2.40 bits per heavy atom. The molecule has 0 amide bonds. The first-order chi connectivity index (χ1) is 9.54. The van der Waals surface area contributed by atoms with E-state index in [2.05, 4.69) is 12.1 Å². The molecule has 110 valence electrons. The van der Waals surface area contributed by atoms with Crippen LogP contribution in [0.1, 0.15) is 64.5 Å². The van der Waals surface area contributed by atoms with Crippen LogP contribution in [0.5, 0.6) is 0 Å². The molecule has 1 unspecified atom stereocenters. The molecule has 0 aliphatic heterocycles. The number of rotatable bonds is 5. The zero-order valence-corrected chi connectivity index (χ0v) is 12.9. The first-order valence-electron chi connectivity index (χ1n) is 7.80. The van der Waals surface area contributed by atoms with Crippen LogP contribution >= 0.6 is 0 Å². The maximum atomic E-state index is 12.4. The van der Waals surface area contributed by atoms with Gasteiger partial charge in [-0.05, 0) is 38.7 Å². The molecule has 0 heterocycles. The Morgan fingerprint density at radius 2 is 1.85 bits per heavy atom. The van der Waals surface area contributed by atoms with Crippen molar-refractivity contribution in [3.05, 3.63) is 35.9 Å². The minimum atomic E-state index is -0.397. The van der Waals surface area contributed by atoms with Gasteiger partial charge in [0.15, 0.2) is 0 Å². The number of ether oxygens (including phenoxy) is 1. The van der Waals surface area contributed by atoms with Crippen LogP contribution in [-0.2, 0) is 9.53 Å². The van der Waals surface area contributed by atoms with Crippen LogP contribution < -0.4 is 0 Å². The van der Waals surface area contributed by atoms with Gasteiger partial charge in [-0.1, -0.05) is 50.1 Å². The zero-order chi connectivity index (χ0) is 14.6. The molecule has 0 aromatic heterocycles. The summed E-state index contributed by atoms with van der Waals surface area (Å²) in [7, 11) is 0. The third-order valence-electron chi connectivity index (χ3n) is 4.63. The Bertz CT molecular complexity index is 430. The Labute approximate surface area is 122 Å². The van der Waals surface area contributed by atoms with Gasteiger partial charge in [-0.25, -0.2) is 0 Å². The highest BCUT2D eigenvalue weighted by Gasteiger charge is 2.34. The van der Waals surface area contributed by atoms with E-state index < -0.39 is 5.41 Å². The quantitative estimate of drug-likeness (QED) is 0.714. The molecule has 1 aromatic carbocycles. The second-order valence-electron chi connectivity index (χ2n) is 6.52. The minimum Gasteiger partial charge on any atom is -0.457 e. The summed E-state index contributed by atoms with van der Waals surface area (Å²) in [6, 6.07) is 10.2. The summed E-state index contributed by atoms with van der Waals surface area (Å²) < 4.78 is 5.94. The van der Waals surface area contributed by atoms with Gasteiger partial charge in [0.05, 0.1) is 5.41 Å². The average molecular weight is 274 g/mol. The van der Waals surface area contributed by atoms with Crippen LogP contribution in [0, 0.1) is 11.3 Å². The maximum Gasteiger partial charge on any atom is 0.312 e. The van der Waals surface area contributed by atoms with E-state index in [-0.39, 0.29) is 12.1 Å². The molecular weight excluding hydrogens is 248 g/mol. The van der Waals surface area contributed by atoms with Gasteiger partial charge in [0, 0.05) is 5.92 Å². The molecule has 1 atom stereocenters. The van der Waals surface area contributed by atoms with E-state index in [1.165, 1.54) is 25.7 Å². The molecule has 1 fully saturated rings. The molecule has 1 aliphatic carbocycles. The van der Waals surface area contributed by atoms with Crippen molar-refractivity contribution >= 4 is 5.97 Å². The fourth-order valence-corrected chi connectivity index (χ4v) is 2.76. The normalized spacial score (nSPS) is 17.9. The van der Waals surface area contributed by atoms with Crippen LogP contribution in [0.4, 0.5) is 0 Å². The Morgan fingerprint density at radius 1 is 1.25 bits per heavy atom. The van der Waals surface area contributed by atoms with Gasteiger partial charge in [-0.3, -0.25) is 4.79 Å². The highest BCUT2D eigenvalue weighted by atomic mass is 16.5. The van der Waals surface area contributed by atoms with Crippen LogP contribution in [0.15, 0.2) is 30.3 Å². The topological polar surface area (TPSA) is 26.3 Å². The van der Waals surface area contributed by atoms with E-state index >= 15 is 0 Å². The number of carbonyl (C=O) groups is 1. The Kier molecular flexibility index (Phi) is 4.85. The van der Waals surface area contributed by atoms with E-state index in [0.717, 1.165) is 12.0 Å². The van der Waals surface area contributed by atoms with Crippen LogP contribution in [0.25, 0.3) is 0 Å². The van der Waals surface area contributed by atoms with Crippen molar-refractivity contribution in [1.82, 2.24) is 0 Å². The van der Waals surface area contributed by atoms with E-state index in [0.29, 0.717) is 5.92 Å². The molecule has 0 bridgehead atoms. The highest BCUT2D eigenvalue weighted by Crippen LogP contribution is 2.39. The summed E-state index contributed by atoms with van der Waals surface area (Å²) in [6.45, 7) is 5.96. The molecule has 2 nitrogen and oxygen atoms in total. The van der Waals surface area contributed by atoms with E-state index in [1.807, 2.05) is 39.0 Å². The van der Waals surface area contributed by atoms with Gasteiger partial charge >= 0.3 is 5.97 Å². The lowest BCUT2D eigenvalue weighted by molar-refractivity contribution is -0.163. The van der Waals surface area contributed by atoms with Gasteiger partial charge in [0.25, 0.3) is 0 Å². The number of benzene rings is 1. The SMILES string of the molecule is CCC(C)(C)C(=O)OC(c1ccccc1)C1CCCC1. The van der Waals surface area contributed by atoms with E-state index in [9.17, 15) is 4.79 Å². The highest BCUT2D eigenvalue weighted by molar-refractivity contribution is 5.76. The molecule has 2 heteroatoms. The Hall–Kier alpha value is -1.31. The predicted octanol–water partition coefficient (Wildman–Crippen LogP) is 4.90. The van der Waals surface area contributed by atoms with E-state index in [1.54, 1.807) is 0 Å². The third-order valence-corrected chi connectivity index (χ3v) is 4.63. The molecule has 0 spiro atoms. The fraction of sp³-hybridized carbons (Fsp3) is 0.611. The first-order valence-corrected chi connectivity index (χ1v) is 7.80. The van der Waals surface area contributed by atoms with Crippen LogP contribution in [0.2, 0.25) is 0 Å². The molecule has 1 aromatic rings. The summed E-state index contributed by atoms with van der Waals surface area (Å²) in [5, 5.41) is 0. The molecular formula is C18H26O2. The van der Waals surface area contributed by atoms with Crippen molar-refractivity contribution in [2.45, 2.75) is 59.0 Å². The van der Waals surface area contributed by atoms with Crippen molar-refractivity contribution < 1.29 is 9.53 Å². The molecule has 0 saturated heterocycles. The number of carbonyl (C=O) groups excluding carboxylic acids is 1. The van der Waals surface area contributed by atoms with Crippen LogP contribution in [-0.4, -0.2) is 5.97 Å². The summed E-state index contributed by atoms with van der Waals surface area (Å²) in [5.74, 6) is 0.412. The van der Waals surface area contributed by atoms with Gasteiger partial charge in [0.1, 0.15) is 6.10 Å². The molecule has 1 aliphatic rings. The number of hydrogen-bond donors (Lipinski definition) is 0. The second-order valence-corrected chi connectivity index (χ2v) is 6.52. The van der Waals surface area contributed by atoms with Crippen molar-refractivity contribution in [2.24, 2.45) is 11.3 Å². The third kappa shape index (κ3) is 3.41. The maximum absolute atomic E-state index is 12.4. The molecule has 0 radical (unpaired) electrons. The standard InChI is InChI=1S/C18H26O2/c1-4-18(2,3)17(19)20-16(15-12-8-9-13-15)14-10-6-5-7-11-14/h5-7,10-11,15-16H,4,8-9,12-13H2,1-3H3. The summed E-state index contributed by atoms with van der Waals surface area (Å²) in [6.07, 6.45) is 5.57. The summed E-state index contributed by atoms with van der Waals surface area (Å²) >= 11 is 0.